The maximum Gasteiger partial charge on any atom is 0.128 e. The normalized spacial score (nSPS) is 20.9. The second-order valence-corrected chi connectivity index (χ2v) is 4.58. The van der Waals surface area contributed by atoms with E-state index in [9.17, 15) is 9.50 Å². The number of benzene rings is 1. The molecule has 88 valence electrons. The van der Waals surface area contributed by atoms with Crippen LogP contribution in [0.2, 0.25) is 0 Å². The Morgan fingerprint density at radius 2 is 1.88 bits per heavy atom. The average molecular weight is 223 g/mol. The highest BCUT2D eigenvalue weighted by molar-refractivity contribution is 5.22. The van der Waals surface area contributed by atoms with E-state index < -0.39 is 12.1 Å². The van der Waals surface area contributed by atoms with Crippen LogP contribution in [-0.2, 0) is 0 Å². The fourth-order valence-electron chi connectivity index (χ4n) is 2.52. The molecular weight excluding hydrogens is 205 g/mol. The van der Waals surface area contributed by atoms with Crippen LogP contribution in [0.25, 0.3) is 0 Å². The summed E-state index contributed by atoms with van der Waals surface area (Å²) in [6, 6.07) is 5.81. The molecule has 0 spiro atoms. The Kier molecular flexibility index (Phi) is 3.56. The molecule has 1 aromatic rings. The van der Waals surface area contributed by atoms with E-state index in [1.54, 1.807) is 18.2 Å². The zero-order valence-corrected chi connectivity index (χ0v) is 9.27. The minimum Gasteiger partial charge on any atom is -0.391 e. The Morgan fingerprint density at radius 1 is 1.25 bits per heavy atom. The number of aliphatic hydroxyl groups is 1. The molecule has 0 heterocycles. The fraction of sp³-hybridized carbons (Fsp3) is 0.538. The largest absolute Gasteiger partial charge is 0.391 e. The molecule has 1 aliphatic rings. The molecule has 0 unspecified atom stereocenters. The van der Waals surface area contributed by atoms with Crippen molar-refractivity contribution in [2.24, 2.45) is 11.7 Å². The predicted molar refractivity (Wildman–Crippen MR) is 61.3 cm³/mol. The molecule has 0 saturated heterocycles. The summed E-state index contributed by atoms with van der Waals surface area (Å²) in [5, 5.41) is 10.1. The first-order valence-electron chi connectivity index (χ1n) is 5.88. The molecule has 0 radical (unpaired) electrons. The first-order chi connectivity index (χ1) is 7.70. The first kappa shape index (κ1) is 11.6. The van der Waals surface area contributed by atoms with Gasteiger partial charge < -0.3 is 10.8 Å². The molecule has 0 bridgehead atoms. The van der Waals surface area contributed by atoms with Crippen molar-refractivity contribution in [2.45, 2.75) is 37.8 Å². The Morgan fingerprint density at radius 3 is 2.50 bits per heavy atom. The monoisotopic (exact) mass is 223 g/mol. The van der Waals surface area contributed by atoms with Gasteiger partial charge in [0.05, 0.1) is 12.1 Å². The van der Waals surface area contributed by atoms with Gasteiger partial charge in [0.1, 0.15) is 5.82 Å². The Labute approximate surface area is 95.3 Å². The standard InChI is InChI=1S/C13H18FNO/c14-11-8-4-3-7-10(11)12(15)13(16)9-5-1-2-6-9/h3-4,7-9,12-13,16H,1-2,5-6,15H2/t12-,13+/m0/s1. The van der Waals surface area contributed by atoms with E-state index in [2.05, 4.69) is 0 Å². The maximum atomic E-state index is 13.5. The molecule has 1 fully saturated rings. The smallest absolute Gasteiger partial charge is 0.128 e. The van der Waals surface area contributed by atoms with Crippen LogP contribution in [-0.4, -0.2) is 11.2 Å². The molecule has 3 heteroatoms. The molecule has 1 saturated carbocycles. The maximum absolute atomic E-state index is 13.5. The number of halogens is 1. The molecule has 1 aromatic carbocycles. The lowest BCUT2D eigenvalue weighted by atomic mass is 9.91. The van der Waals surface area contributed by atoms with Crippen LogP contribution in [0.5, 0.6) is 0 Å². The van der Waals surface area contributed by atoms with Gasteiger partial charge in [-0.3, -0.25) is 0 Å². The van der Waals surface area contributed by atoms with Crippen molar-refractivity contribution >= 4 is 0 Å². The SMILES string of the molecule is N[C@@H](c1ccccc1F)[C@H](O)C1CCCC1. The minimum absolute atomic E-state index is 0.231. The summed E-state index contributed by atoms with van der Waals surface area (Å²) in [5.74, 6) is -0.0957. The lowest BCUT2D eigenvalue weighted by Crippen LogP contribution is -2.32. The number of hydrogen-bond donors (Lipinski definition) is 2. The topological polar surface area (TPSA) is 46.2 Å². The van der Waals surface area contributed by atoms with Crippen molar-refractivity contribution in [3.05, 3.63) is 35.6 Å². The number of hydrogen-bond acceptors (Lipinski definition) is 2. The van der Waals surface area contributed by atoms with E-state index in [0.717, 1.165) is 25.7 Å². The third-order valence-electron chi connectivity index (χ3n) is 3.52. The van der Waals surface area contributed by atoms with E-state index in [4.69, 9.17) is 5.73 Å². The minimum atomic E-state index is -0.626. The molecule has 3 N–H and O–H groups in total. The third kappa shape index (κ3) is 2.25. The molecule has 0 aliphatic heterocycles. The van der Waals surface area contributed by atoms with Crippen molar-refractivity contribution in [1.82, 2.24) is 0 Å². The van der Waals surface area contributed by atoms with Gasteiger partial charge in [-0.15, -0.1) is 0 Å². The summed E-state index contributed by atoms with van der Waals surface area (Å²) in [4.78, 5) is 0. The van der Waals surface area contributed by atoms with Gasteiger partial charge in [-0.25, -0.2) is 4.39 Å². The van der Waals surface area contributed by atoms with Crippen molar-refractivity contribution < 1.29 is 9.50 Å². The van der Waals surface area contributed by atoms with Gasteiger partial charge in [-0.1, -0.05) is 31.0 Å². The van der Waals surface area contributed by atoms with Crippen LogP contribution in [0, 0.1) is 11.7 Å². The highest BCUT2D eigenvalue weighted by Gasteiger charge is 2.29. The van der Waals surface area contributed by atoms with Crippen molar-refractivity contribution in [3.8, 4) is 0 Å². The summed E-state index contributed by atoms with van der Waals surface area (Å²) in [6.45, 7) is 0. The number of rotatable bonds is 3. The van der Waals surface area contributed by atoms with Gasteiger partial charge in [-0.05, 0) is 24.8 Å². The van der Waals surface area contributed by atoms with Crippen molar-refractivity contribution in [1.29, 1.82) is 0 Å². The van der Waals surface area contributed by atoms with Crippen molar-refractivity contribution in [2.75, 3.05) is 0 Å². The van der Waals surface area contributed by atoms with E-state index in [0.29, 0.717) is 5.56 Å². The van der Waals surface area contributed by atoms with Crippen LogP contribution >= 0.6 is 0 Å². The zero-order valence-electron chi connectivity index (χ0n) is 9.27. The van der Waals surface area contributed by atoms with E-state index in [1.807, 2.05) is 0 Å². The van der Waals surface area contributed by atoms with Gasteiger partial charge in [0.15, 0.2) is 0 Å². The lowest BCUT2D eigenvalue weighted by molar-refractivity contribution is 0.0833. The second-order valence-electron chi connectivity index (χ2n) is 4.58. The molecule has 2 atom stereocenters. The van der Waals surface area contributed by atoms with Crippen LogP contribution in [0.15, 0.2) is 24.3 Å². The van der Waals surface area contributed by atoms with Crippen LogP contribution in [0.3, 0.4) is 0 Å². The van der Waals surface area contributed by atoms with Gasteiger partial charge in [0.25, 0.3) is 0 Å². The molecular formula is C13H18FNO. The molecule has 1 aliphatic carbocycles. The lowest BCUT2D eigenvalue weighted by Gasteiger charge is -2.24. The van der Waals surface area contributed by atoms with E-state index >= 15 is 0 Å². The third-order valence-corrected chi connectivity index (χ3v) is 3.52. The predicted octanol–water partition coefficient (Wildman–Crippen LogP) is 2.38. The summed E-state index contributed by atoms with van der Waals surface area (Å²) >= 11 is 0. The zero-order chi connectivity index (χ0) is 11.5. The van der Waals surface area contributed by atoms with E-state index in [-0.39, 0.29) is 11.7 Å². The summed E-state index contributed by atoms with van der Waals surface area (Å²) in [7, 11) is 0. The van der Waals surface area contributed by atoms with Crippen LogP contribution in [0.4, 0.5) is 4.39 Å². The van der Waals surface area contributed by atoms with E-state index in [1.165, 1.54) is 6.07 Å². The average Bonchev–Trinajstić information content (AvgIpc) is 2.81. The quantitative estimate of drug-likeness (QED) is 0.826. The molecule has 2 nitrogen and oxygen atoms in total. The van der Waals surface area contributed by atoms with Crippen LogP contribution < -0.4 is 5.73 Å². The second kappa shape index (κ2) is 4.93. The first-order valence-corrected chi connectivity index (χ1v) is 5.88. The molecule has 0 aromatic heterocycles. The highest BCUT2D eigenvalue weighted by atomic mass is 19.1. The Bertz CT molecular complexity index is 350. The highest BCUT2D eigenvalue weighted by Crippen LogP contribution is 2.32. The van der Waals surface area contributed by atoms with Gasteiger partial charge in [0, 0.05) is 5.56 Å². The summed E-state index contributed by atoms with van der Waals surface area (Å²) in [6.07, 6.45) is 3.67. The molecule has 2 rings (SSSR count). The van der Waals surface area contributed by atoms with Gasteiger partial charge >= 0.3 is 0 Å². The fourth-order valence-corrected chi connectivity index (χ4v) is 2.52. The van der Waals surface area contributed by atoms with Crippen molar-refractivity contribution in [3.63, 3.8) is 0 Å². The van der Waals surface area contributed by atoms with Gasteiger partial charge in [0.2, 0.25) is 0 Å². The number of aliphatic hydroxyl groups excluding tert-OH is 1. The summed E-state index contributed by atoms with van der Waals surface area (Å²) in [5.41, 5.74) is 6.35. The Balaban J connectivity index is 2.11. The molecule has 16 heavy (non-hydrogen) atoms. The Hall–Kier alpha value is -0.930. The summed E-state index contributed by atoms with van der Waals surface area (Å²) < 4.78 is 13.5. The number of nitrogens with two attached hydrogens (primary N) is 1. The van der Waals surface area contributed by atoms with Crippen LogP contribution in [0.1, 0.15) is 37.3 Å². The molecule has 0 amide bonds. The van der Waals surface area contributed by atoms with Gasteiger partial charge in [-0.2, -0.15) is 0 Å².